The van der Waals surface area contributed by atoms with Crippen molar-refractivity contribution >= 4 is 22.7 Å². The van der Waals surface area contributed by atoms with Gasteiger partial charge < -0.3 is 14.8 Å². The molecule has 2 saturated heterocycles. The summed E-state index contributed by atoms with van der Waals surface area (Å²) in [6, 6.07) is 10.5. The van der Waals surface area contributed by atoms with Gasteiger partial charge in [0.25, 0.3) is 0 Å². The summed E-state index contributed by atoms with van der Waals surface area (Å²) in [5, 5.41) is 1.22. The van der Waals surface area contributed by atoms with Crippen LogP contribution in [0.5, 0.6) is 0 Å². The van der Waals surface area contributed by atoms with E-state index in [-0.39, 0.29) is 23.7 Å². The Morgan fingerprint density at radius 2 is 1.97 bits per heavy atom. The number of amides is 2. The molecule has 2 aromatic heterocycles. The highest BCUT2D eigenvalue weighted by atomic mass is 16.2. The molecule has 0 saturated carbocycles. The third-order valence-electron chi connectivity index (χ3n) is 6.87. The van der Waals surface area contributed by atoms with Crippen molar-refractivity contribution in [3.63, 3.8) is 0 Å². The van der Waals surface area contributed by atoms with E-state index in [0.717, 1.165) is 30.5 Å². The highest BCUT2D eigenvalue weighted by Gasteiger charge is 2.37. The number of pyridine rings is 1. The molecule has 2 atom stereocenters. The summed E-state index contributed by atoms with van der Waals surface area (Å²) in [6.45, 7) is 4.13. The standard InChI is InChI=1S/C25H28N4O2/c1-16-5-3-7-20-22(17-8-10-26-11-9-17)24(27-23(16)20)18-6-4-12-29(15-18)25(31)19-13-21(30)28(2)14-19/h3,5,7-11,18-19,27H,4,6,12-15H2,1-2H3/t18-,19+/m0/s1. The fraction of sp³-hybridized carbons (Fsp3) is 0.400. The van der Waals surface area contributed by atoms with Crippen LogP contribution in [0.15, 0.2) is 42.7 Å². The number of para-hydroxylation sites is 1. The van der Waals surface area contributed by atoms with E-state index in [4.69, 9.17) is 0 Å². The minimum absolute atomic E-state index is 0.0676. The molecular weight excluding hydrogens is 388 g/mol. The second kappa shape index (κ2) is 7.84. The lowest BCUT2D eigenvalue weighted by Gasteiger charge is -2.34. The molecule has 2 fully saturated rings. The van der Waals surface area contributed by atoms with E-state index in [9.17, 15) is 9.59 Å². The summed E-state index contributed by atoms with van der Waals surface area (Å²) in [7, 11) is 1.78. The normalized spacial score (nSPS) is 21.8. The first kappa shape index (κ1) is 19.8. The van der Waals surface area contributed by atoms with E-state index in [1.54, 1.807) is 11.9 Å². The molecular formula is C25H28N4O2. The third kappa shape index (κ3) is 3.50. The van der Waals surface area contributed by atoms with E-state index in [1.165, 1.54) is 22.2 Å². The number of fused-ring (bicyclic) bond motifs is 1. The number of carbonyl (C=O) groups is 2. The number of benzene rings is 1. The average molecular weight is 417 g/mol. The minimum Gasteiger partial charge on any atom is -0.357 e. The number of aromatic nitrogens is 2. The third-order valence-corrected chi connectivity index (χ3v) is 6.87. The molecule has 1 aromatic carbocycles. The van der Waals surface area contributed by atoms with Crippen molar-refractivity contribution in [2.45, 2.75) is 32.1 Å². The molecule has 2 amide bonds. The second-order valence-electron chi connectivity index (χ2n) is 8.95. The number of hydrogen-bond acceptors (Lipinski definition) is 3. The van der Waals surface area contributed by atoms with Gasteiger partial charge in [0.05, 0.1) is 5.92 Å². The van der Waals surface area contributed by atoms with E-state index in [0.29, 0.717) is 19.5 Å². The van der Waals surface area contributed by atoms with Crippen molar-refractivity contribution in [2.24, 2.45) is 5.92 Å². The molecule has 0 bridgehead atoms. The van der Waals surface area contributed by atoms with Crippen molar-refractivity contribution in [3.05, 3.63) is 54.0 Å². The number of rotatable bonds is 3. The van der Waals surface area contributed by atoms with Gasteiger partial charge in [0, 0.05) is 73.6 Å². The number of H-pyrrole nitrogens is 1. The van der Waals surface area contributed by atoms with Crippen LogP contribution in [0.25, 0.3) is 22.0 Å². The zero-order valence-electron chi connectivity index (χ0n) is 18.1. The Labute approximate surface area is 182 Å². The smallest absolute Gasteiger partial charge is 0.228 e. The van der Waals surface area contributed by atoms with Crippen LogP contribution < -0.4 is 0 Å². The first-order valence-corrected chi connectivity index (χ1v) is 11.1. The largest absolute Gasteiger partial charge is 0.357 e. The quantitative estimate of drug-likeness (QED) is 0.707. The molecule has 6 heteroatoms. The van der Waals surface area contributed by atoms with Crippen molar-refractivity contribution in [2.75, 3.05) is 26.7 Å². The maximum atomic E-state index is 13.2. The highest BCUT2D eigenvalue weighted by molar-refractivity contribution is 5.99. The molecule has 5 rings (SSSR count). The molecule has 0 unspecified atom stereocenters. The Morgan fingerprint density at radius 3 is 2.71 bits per heavy atom. The van der Waals surface area contributed by atoms with Gasteiger partial charge in [-0.1, -0.05) is 18.2 Å². The first-order valence-electron chi connectivity index (χ1n) is 11.1. The van der Waals surface area contributed by atoms with Crippen LogP contribution in [-0.2, 0) is 9.59 Å². The van der Waals surface area contributed by atoms with Gasteiger partial charge in [0.1, 0.15) is 0 Å². The van der Waals surface area contributed by atoms with Crippen LogP contribution in [-0.4, -0.2) is 58.3 Å². The number of piperidine rings is 1. The predicted octanol–water partition coefficient (Wildman–Crippen LogP) is 3.72. The van der Waals surface area contributed by atoms with Crippen LogP contribution in [0.3, 0.4) is 0 Å². The Hall–Kier alpha value is -3.15. The van der Waals surface area contributed by atoms with Gasteiger partial charge in [-0.3, -0.25) is 14.6 Å². The molecule has 1 N–H and O–H groups in total. The lowest BCUT2D eigenvalue weighted by atomic mass is 9.89. The molecule has 160 valence electrons. The number of nitrogens with zero attached hydrogens (tertiary/aromatic N) is 3. The lowest BCUT2D eigenvalue weighted by Crippen LogP contribution is -2.43. The summed E-state index contributed by atoms with van der Waals surface area (Å²) in [6.07, 6.45) is 6.01. The topological polar surface area (TPSA) is 69.3 Å². The minimum atomic E-state index is -0.208. The average Bonchev–Trinajstić information content (AvgIpc) is 3.35. The molecule has 2 aliphatic rings. The maximum Gasteiger partial charge on any atom is 0.228 e. The Morgan fingerprint density at radius 1 is 1.16 bits per heavy atom. The zero-order valence-corrected chi connectivity index (χ0v) is 18.1. The van der Waals surface area contributed by atoms with Gasteiger partial charge in [0.2, 0.25) is 11.8 Å². The number of hydrogen-bond donors (Lipinski definition) is 1. The van der Waals surface area contributed by atoms with E-state index < -0.39 is 0 Å². The molecule has 0 radical (unpaired) electrons. The van der Waals surface area contributed by atoms with Crippen molar-refractivity contribution in [1.29, 1.82) is 0 Å². The van der Waals surface area contributed by atoms with Crippen LogP contribution in [0, 0.1) is 12.8 Å². The Bertz CT molecular complexity index is 1140. The Kier molecular flexibility index (Phi) is 5.00. The molecule has 2 aliphatic heterocycles. The van der Waals surface area contributed by atoms with Crippen LogP contribution in [0.2, 0.25) is 0 Å². The van der Waals surface area contributed by atoms with Gasteiger partial charge in [-0.25, -0.2) is 0 Å². The van der Waals surface area contributed by atoms with Gasteiger partial charge in [-0.2, -0.15) is 0 Å². The molecule has 3 aromatic rings. The predicted molar refractivity (Wildman–Crippen MR) is 121 cm³/mol. The first-order chi connectivity index (χ1) is 15.0. The van der Waals surface area contributed by atoms with Gasteiger partial charge in [-0.15, -0.1) is 0 Å². The van der Waals surface area contributed by atoms with Crippen LogP contribution in [0.1, 0.15) is 36.4 Å². The van der Waals surface area contributed by atoms with Crippen molar-refractivity contribution in [3.8, 4) is 11.1 Å². The molecule has 0 spiro atoms. The van der Waals surface area contributed by atoms with Gasteiger partial charge in [-0.05, 0) is 43.0 Å². The monoisotopic (exact) mass is 416 g/mol. The summed E-state index contributed by atoms with van der Waals surface area (Å²) in [4.78, 5) is 36.7. The Balaban J connectivity index is 1.50. The SMILES string of the molecule is Cc1cccc2c(-c3ccncc3)c([C@H]3CCCN(C(=O)[C@@H]4CC(=O)N(C)C4)C3)[nH]c12. The van der Waals surface area contributed by atoms with Crippen LogP contribution in [0.4, 0.5) is 0 Å². The number of aromatic amines is 1. The van der Waals surface area contributed by atoms with E-state index in [2.05, 4.69) is 47.2 Å². The maximum absolute atomic E-state index is 13.2. The molecule has 6 nitrogen and oxygen atoms in total. The number of nitrogens with one attached hydrogen (secondary N) is 1. The van der Waals surface area contributed by atoms with E-state index in [1.807, 2.05) is 17.3 Å². The number of aryl methyl sites for hydroxylation is 1. The number of carbonyl (C=O) groups excluding carboxylic acids is 2. The summed E-state index contributed by atoms with van der Waals surface area (Å²) in [5.41, 5.74) is 5.95. The fourth-order valence-electron chi connectivity index (χ4n) is 5.22. The lowest BCUT2D eigenvalue weighted by molar-refractivity contribution is -0.137. The number of likely N-dealkylation sites (tertiary alicyclic amines) is 2. The van der Waals surface area contributed by atoms with Crippen LogP contribution >= 0.6 is 0 Å². The zero-order chi connectivity index (χ0) is 21.5. The summed E-state index contributed by atoms with van der Waals surface area (Å²) >= 11 is 0. The van der Waals surface area contributed by atoms with Crippen molar-refractivity contribution < 1.29 is 9.59 Å². The van der Waals surface area contributed by atoms with Crippen molar-refractivity contribution in [1.82, 2.24) is 19.8 Å². The molecule has 4 heterocycles. The molecule has 0 aliphatic carbocycles. The van der Waals surface area contributed by atoms with E-state index >= 15 is 0 Å². The summed E-state index contributed by atoms with van der Waals surface area (Å²) < 4.78 is 0. The van der Waals surface area contributed by atoms with Gasteiger partial charge >= 0.3 is 0 Å². The fourth-order valence-corrected chi connectivity index (χ4v) is 5.22. The second-order valence-corrected chi connectivity index (χ2v) is 8.95. The van der Waals surface area contributed by atoms with Gasteiger partial charge in [0.15, 0.2) is 0 Å². The summed E-state index contributed by atoms with van der Waals surface area (Å²) in [5.74, 6) is 0.224. The highest BCUT2D eigenvalue weighted by Crippen LogP contribution is 2.40. The molecule has 31 heavy (non-hydrogen) atoms.